The number of hydrogen-bond acceptors (Lipinski definition) is 12. The minimum absolute atomic E-state index is 0. The highest BCUT2D eigenvalue weighted by molar-refractivity contribution is 5.74. The second kappa shape index (κ2) is 17.2. The second-order valence-corrected chi connectivity index (χ2v) is 6.71. The Bertz CT molecular complexity index is 939. The van der Waals surface area contributed by atoms with Crippen molar-refractivity contribution >= 4 is 23.9 Å². The van der Waals surface area contributed by atoms with Crippen LogP contribution >= 0.6 is 0 Å². The van der Waals surface area contributed by atoms with E-state index in [1.54, 1.807) is 13.8 Å². The van der Waals surface area contributed by atoms with E-state index in [4.69, 9.17) is 50.4 Å². The lowest BCUT2D eigenvalue weighted by Gasteiger charge is -2.06. The Kier molecular flexibility index (Phi) is 17.3. The van der Waals surface area contributed by atoms with E-state index in [2.05, 4.69) is 10.3 Å². The molecule has 0 aliphatic carbocycles. The van der Waals surface area contributed by atoms with Crippen LogP contribution in [0, 0.1) is 13.8 Å². The van der Waals surface area contributed by atoms with E-state index in [0.29, 0.717) is 22.6 Å². The molecule has 0 saturated heterocycles. The number of carbonyl (C=O) groups is 4. The molecular formula is C18H30N4O15. The van der Waals surface area contributed by atoms with Crippen molar-refractivity contribution < 1.29 is 74.6 Å². The minimum atomic E-state index is -1.17. The maximum Gasteiger partial charge on any atom is 0.341 e. The number of nitrogens with two attached hydrogens (primary N) is 2. The van der Waals surface area contributed by atoms with Gasteiger partial charge in [-0.15, -0.1) is 0 Å². The highest BCUT2D eigenvalue weighted by atomic mass is 16.6. The molecule has 212 valence electrons. The Morgan fingerprint density at radius 3 is 1.27 bits per heavy atom. The Hall–Kier alpha value is -4.30. The Balaban J connectivity index is -0.000000578. The van der Waals surface area contributed by atoms with Gasteiger partial charge in [0, 0.05) is 12.8 Å². The number of hydrogen-bond donors (Lipinski definition) is 6. The topological polar surface area (TPSA) is 366 Å². The molecule has 2 heterocycles. The van der Waals surface area contributed by atoms with Crippen LogP contribution in [0.5, 0.6) is 11.8 Å². The highest BCUT2D eigenvalue weighted by Gasteiger charge is 2.22. The van der Waals surface area contributed by atoms with E-state index in [1.807, 2.05) is 0 Å². The standard InChI is InChI=1S/2C9H12N2O6.3H2O/c2*1-4-5(2-6(10)9(14)15)8(11-17-4)16-3-7(12)13;;;/h2*6H,2-3,10H2,1H3,(H,12,13)(H,14,15);3*1H2. The van der Waals surface area contributed by atoms with Gasteiger partial charge in [-0.2, -0.15) is 0 Å². The van der Waals surface area contributed by atoms with Crippen LogP contribution < -0.4 is 20.9 Å². The first-order valence-corrected chi connectivity index (χ1v) is 9.39. The smallest absolute Gasteiger partial charge is 0.341 e. The fourth-order valence-electron chi connectivity index (χ4n) is 2.31. The zero-order valence-electron chi connectivity index (χ0n) is 19.6. The molecule has 0 saturated carbocycles. The summed E-state index contributed by atoms with van der Waals surface area (Å²) in [5.41, 5.74) is 11.4. The Morgan fingerprint density at radius 2 is 1.03 bits per heavy atom. The third kappa shape index (κ3) is 12.3. The molecule has 0 aliphatic rings. The normalized spacial score (nSPS) is 11.1. The summed E-state index contributed by atoms with van der Waals surface area (Å²) in [5, 5.41) is 41.2. The lowest BCUT2D eigenvalue weighted by Crippen LogP contribution is -2.32. The van der Waals surface area contributed by atoms with Crippen LogP contribution in [0.2, 0.25) is 0 Å². The Labute approximate surface area is 207 Å². The minimum Gasteiger partial charge on any atom is -0.480 e. The molecule has 19 heteroatoms. The fraction of sp³-hybridized carbons (Fsp3) is 0.444. The number of aromatic nitrogens is 2. The van der Waals surface area contributed by atoms with Gasteiger partial charge in [0.15, 0.2) is 13.2 Å². The average Bonchev–Trinajstić information content (AvgIpc) is 3.27. The van der Waals surface area contributed by atoms with Gasteiger partial charge in [0.05, 0.1) is 11.1 Å². The van der Waals surface area contributed by atoms with Gasteiger partial charge < -0.3 is 66.8 Å². The van der Waals surface area contributed by atoms with E-state index >= 15 is 0 Å². The van der Waals surface area contributed by atoms with Crippen molar-refractivity contribution in [3.05, 3.63) is 22.6 Å². The van der Waals surface area contributed by atoms with Gasteiger partial charge in [-0.3, -0.25) is 9.59 Å². The van der Waals surface area contributed by atoms with Gasteiger partial charge in [-0.25, -0.2) is 9.59 Å². The van der Waals surface area contributed by atoms with Crippen molar-refractivity contribution in [2.45, 2.75) is 38.8 Å². The quantitative estimate of drug-likeness (QED) is 0.150. The maximum absolute atomic E-state index is 10.6. The van der Waals surface area contributed by atoms with Crippen LogP contribution in [0.4, 0.5) is 0 Å². The van der Waals surface area contributed by atoms with Crippen LogP contribution in [-0.2, 0) is 32.0 Å². The molecule has 2 aromatic heterocycles. The molecule has 37 heavy (non-hydrogen) atoms. The van der Waals surface area contributed by atoms with Crippen LogP contribution in [0.15, 0.2) is 9.05 Å². The van der Waals surface area contributed by atoms with Crippen molar-refractivity contribution in [2.75, 3.05) is 13.2 Å². The van der Waals surface area contributed by atoms with Crippen LogP contribution in [0.3, 0.4) is 0 Å². The van der Waals surface area contributed by atoms with E-state index < -0.39 is 49.2 Å². The van der Waals surface area contributed by atoms with E-state index in [-0.39, 0.29) is 41.0 Å². The molecule has 2 unspecified atom stereocenters. The van der Waals surface area contributed by atoms with Crippen molar-refractivity contribution in [1.29, 1.82) is 0 Å². The summed E-state index contributed by atoms with van der Waals surface area (Å²) in [6.07, 6.45) is -0.0841. The second-order valence-electron chi connectivity index (χ2n) is 6.71. The fourth-order valence-corrected chi connectivity index (χ4v) is 2.31. The van der Waals surface area contributed by atoms with Gasteiger partial charge in [0.2, 0.25) is 0 Å². The molecule has 0 fully saturated rings. The van der Waals surface area contributed by atoms with Gasteiger partial charge in [0.25, 0.3) is 11.8 Å². The van der Waals surface area contributed by atoms with Gasteiger partial charge in [-0.05, 0) is 24.2 Å². The molecule has 0 spiro atoms. The average molecular weight is 542 g/mol. The lowest BCUT2D eigenvalue weighted by atomic mass is 10.1. The number of rotatable bonds is 12. The molecule has 0 aromatic carbocycles. The maximum atomic E-state index is 10.6. The molecule has 2 rings (SSSR count). The summed E-state index contributed by atoms with van der Waals surface area (Å²) in [5.74, 6) is -4.06. The van der Waals surface area contributed by atoms with Gasteiger partial charge >= 0.3 is 23.9 Å². The molecule has 2 atom stereocenters. The molecular weight excluding hydrogens is 512 g/mol. The molecule has 2 aromatic rings. The van der Waals surface area contributed by atoms with Crippen molar-refractivity contribution in [1.82, 2.24) is 10.3 Å². The van der Waals surface area contributed by atoms with Gasteiger partial charge in [0.1, 0.15) is 23.6 Å². The van der Waals surface area contributed by atoms with Crippen molar-refractivity contribution in [2.24, 2.45) is 11.5 Å². The monoisotopic (exact) mass is 542 g/mol. The van der Waals surface area contributed by atoms with Crippen LogP contribution in [0.1, 0.15) is 22.6 Å². The Morgan fingerprint density at radius 1 is 0.730 bits per heavy atom. The summed E-state index contributed by atoms with van der Waals surface area (Å²) in [4.78, 5) is 41.8. The van der Waals surface area contributed by atoms with Crippen molar-refractivity contribution in [3.8, 4) is 11.8 Å². The van der Waals surface area contributed by atoms with Crippen LogP contribution in [0.25, 0.3) is 0 Å². The molecule has 0 aliphatic heterocycles. The first kappa shape index (κ1) is 37.3. The third-order valence-electron chi connectivity index (χ3n) is 4.04. The number of carboxylic acids is 4. The van der Waals surface area contributed by atoms with E-state index in [0.717, 1.165) is 0 Å². The first-order chi connectivity index (χ1) is 15.8. The highest BCUT2D eigenvalue weighted by Crippen LogP contribution is 2.23. The number of ether oxygens (including phenoxy) is 2. The van der Waals surface area contributed by atoms with Gasteiger partial charge in [-0.1, -0.05) is 0 Å². The first-order valence-electron chi connectivity index (χ1n) is 9.39. The zero-order chi connectivity index (χ0) is 26.0. The number of nitrogens with zero attached hydrogens (tertiary/aromatic N) is 2. The third-order valence-corrected chi connectivity index (χ3v) is 4.04. The van der Waals surface area contributed by atoms with Crippen LogP contribution in [-0.4, -0.2) is 96.3 Å². The SMILES string of the molecule is Cc1onc(OCC(=O)O)c1CC(N)C(=O)O.Cc1onc(OCC(=O)O)c1CC(N)C(=O)O.O.O.O. The molecule has 0 amide bonds. The summed E-state index contributed by atoms with van der Waals surface area (Å²) in [6.45, 7) is 1.96. The zero-order valence-corrected chi connectivity index (χ0v) is 19.6. The summed E-state index contributed by atoms with van der Waals surface area (Å²) in [7, 11) is 0. The number of aliphatic carboxylic acids is 4. The number of carboxylic acid groups (broad SMARTS) is 4. The predicted octanol–water partition coefficient (Wildman–Crippen LogP) is -3.67. The molecule has 0 bridgehead atoms. The summed E-state index contributed by atoms with van der Waals surface area (Å²) >= 11 is 0. The lowest BCUT2D eigenvalue weighted by molar-refractivity contribution is -0.140. The molecule has 0 radical (unpaired) electrons. The molecule has 14 N–H and O–H groups in total. The summed E-state index contributed by atoms with van der Waals surface area (Å²) < 4.78 is 19.3. The van der Waals surface area contributed by atoms with E-state index in [1.165, 1.54) is 0 Å². The summed E-state index contributed by atoms with van der Waals surface area (Å²) in [6, 6.07) is -2.25. The number of aryl methyl sites for hydroxylation is 2. The molecule has 19 nitrogen and oxygen atoms in total. The van der Waals surface area contributed by atoms with Crippen molar-refractivity contribution in [3.63, 3.8) is 0 Å². The van der Waals surface area contributed by atoms with E-state index in [9.17, 15) is 19.2 Å². The largest absolute Gasteiger partial charge is 0.480 e. The predicted molar refractivity (Wildman–Crippen MR) is 118 cm³/mol.